The van der Waals surface area contributed by atoms with Gasteiger partial charge in [0.15, 0.2) is 0 Å². The first kappa shape index (κ1) is 14.8. The van der Waals surface area contributed by atoms with E-state index in [1.54, 1.807) is 6.92 Å². The Kier molecular flexibility index (Phi) is 4.54. The van der Waals surface area contributed by atoms with Crippen molar-refractivity contribution in [3.63, 3.8) is 0 Å². The van der Waals surface area contributed by atoms with Crippen LogP contribution in [0.5, 0.6) is 0 Å². The van der Waals surface area contributed by atoms with Gasteiger partial charge in [-0.05, 0) is 35.6 Å². The number of para-hydroxylation sites is 1. The third-order valence-electron chi connectivity index (χ3n) is 4.24. The summed E-state index contributed by atoms with van der Waals surface area (Å²) >= 11 is 0. The smallest absolute Gasteiger partial charge is 0.221 e. The van der Waals surface area contributed by atoms with Crippen LogP contribution < -0.4 is 5.32 Å². The zero-order valence-electron chi connectivity index (χ0n) is 13.0. The molecular formula is C19H22N2O. The van der Waals surface area contributed by atoms with E-state index in [1.165, 1.54) is 16.7 Å². The zero-order valence-corrected chi connectivity index (χ0v) is 13.0. The van der Waals surface area contributed by atoms with E-state index in [0.717, 1.165) is 38.2 Å². The zero-order chi connectivity index (χ0) is 15.4. The third kappa shape index (κ3) is 3.55. The second-order valence-electron chi connectivity index (χ2n) is 5.88. The molecule has 3 rings (SSSR count). The lowest BCUT2D eigenvalue weighted by atomic mass is 10.0. The summed E-state index contributed by atoms with van der Waals surface area (Å²) in [5, 5.41) is 2.93. The Morgan fingerprint density at radius 2 is 1.59 bits per heavy atom. The van der Waals surface area contributed by atoms with Gasteiger partial charge in [0.2, 0.25) is 5.91 Å². The van der Waals surface area contributed by atoms with Crippen LogP contribution >= 0.6 is 0 Å². The van der Waals surface area contributed by atoms with Crippen molar-refractivity contribution in [1.82, 2.24) is 4.90 Å². The van der Waals surface area contributed by atoms with Crippen LogP contribution in [0.25, 0.3) is 0 Å². The van der Waals surface area contributed by atoms with Gasteiger partial charge in [-0.2, -0.15) is 0 Å². The molecule has 0 radical (unpaired) electrons. The molecule has 0 aromatic heterocycles. The number of benzene rings is 2. The standard InChI is InChI=1S/C19H22N2O/c1-15(22)20-19-9-5-4-8-18(19)14-21-12-10-16-6-2-3-7-17(16)11-13-21/h2-9H,10-14H2,1H3,(H,20,22). The number of hydrogen-bond acceptors (Lipinski definition) is 2. The Labute approximate surface area is 132 Å². The molecular weight excluding hydrogens is 272 g/mol. The summed E-state index contributed by atoms with van der Waals surface area (Å²) in [6, 6.07) is 16.8. The second-order valence-corrected chi connectivity index (χ2v) is 5.88. The van der Waals surface area contributed by atoms with Crippen LogP contribution in [0.3, 0.4) is 0 Å². The van der Waals surface area contributed by atoms with Gasteiger partial charge in [-0.25, -0.2) is 0 Å². The van der Waals surface area contributed by atoms with E-state index in [9.17, 15) is 4.79 Å². The summed E-state index contributed by atoms with van der Waals surface area (Å²) in [5.41, 5.74) is 5.06. The minimum Gasteiger partial charge on any atom is -0.326 e. The van der Waals surface area contributed by atoms with Gasteiger partial charge in [-0.15, -0.1) is 0 Å². The monoisotopic (exact) mass is 294 g/mol. The second kappa shape index (κ2) is 6.75. The average Bonchev–Trinajstić information content (AvgIpc) is 2.72. The molecule has 3 heteroatoms. The molecule has 1 aliphatic heterocycles. The summed E-state index contributed by atoms with van der Waals surface area (Å²) in [7, 11) is 0. The quantitative estimate of drug-likeness (QED) is 0.942. The Morgan fingerprint density at radius 1 is 1.00 bits per heavy atom. The highest BCUT2D eigenvalue weighted by Crippen LogP contribution is 2.20. The topological polar surface area (TPSA) is 32.3 Å². The first-order valence-electron chi connectivity index (χ1n) is 7.87. The molecule has 3 nitrogen and oxygen atoms in total. The number of rotatable bonds is 3. The molecule has 0 fully saturated rings. The summed E-state index contributed by atoms with van der Waals surface area (Å²) in [6.45, 7) is 4.56. The average molecular weight is 294 g/mol. The number of carbonyl (C=O) groups excluding carboxylic acids is 1. The Hall–Kier alpha value is -2.13. The van der Waals surface area contributed by atoms with Crippen LogP contribution in [-0.2, 0) is 24.2 Å². The number of anilines is 1. The van der Waals surface area contributed by atoms with Crippen molar-refractivity contribution in [2.45, 2.75) is 26.3 Å². The number of hydrogen-bond donors (Lipinski definition) is 1. The molecule has 114 valence electrons. The van der Waals surface area contributed by atoms with Gasteiger partial charge in [0.25, 0.3) is 0 Å². The Morgan fingerprint density at radius 3 is 2.23 bits per heavy atom. The van der Waals surface area contributed by atoms with Crippen molar-refractivity contribution in [2.24, 2.45) is 0 Å². The van der Waals surface area contributed by atoms with Crippen LogP contribution in [0, 0.1) is 0 Å². The highest BCUT2D eigenvalue weighted by molar-refractivity contribution is 5.89. The van der Waals surface area contributed by atoms with E-state index in [4.69, 9.17) is 0 Å². The molecule has 1 aliphatic rings. The number of nitrogens with zero attached hydrogens (tertiary/aromatic N) is 1. The van der Waals surface area contributed by atoms with Crippen molar-refractivity contribution < 1.29 is 4.79 Å². The van der Waals surface area contributed by atoms with Crippen LogP contribution in [0.15, 0.2) is 48.5 Å². The van der Waals surface area contributed by atoms with E-state index < -0.39 is 0 Å². The molecule has 0 spiro atoms. The lowest BCUT2D eigenvalue weighted by molar-refractivity contribution is -0.114. The van der Waals surface area contributed by atoms with Gasteiger partial charge in [0.1, 0.15) is 0 Å². The van der Waals surface area contributed by atoms with Crippen LogP contribution in [0.4, 0.5) is 5.69 Å². The first-order valence-corrected chi connectivity index (χ1v) is 7.87. The third-order valence-corrected chi connectivity index (χ3v) is 4.24. The number of nitrogens with one attached hydrogen (secondary N) is 1. The normalized spacial score (nSPS) is 15.0. The molecule has 1 N–H and O–H groups in total. The van der Waals surface area contributed by atoms with Gasteiger partial charge in [0, 0.05) is 32.2 Å². The van der Waals surface area contributed by atoms with E-state index in [-0.39, 0.29) is 5.91 Å². The minimum absolute atomic E-state index is 0.0179. The number of amides is 1. The largest absolute Gasteiger partial charge is 0.326 e. The van der Waals surface area contributed by atoms with Gasteiger partial charge >= 0.3 is 0 Å². The van der Waals surface area contributed by atoms with Gasteiger partial charge < -0.3 is 5.32 Å². The van der Waals surface area contributed by atoms with Crippen molar-refractivity contribution in [3.8, 4) is 0 Å². The van der Waals surface area contributed by atoms with Gasteiger partial charge in [0.05, 0.1) is 0 Å². The van der Waals surface area contributed by atoms with Crippen molar-refractivity contribution >= 4 is 11.6 Å². The van der Waals surface area contributed by atoms with Gasteiger partial charge in [-0.1, -0.05) is 42.5 Å². The SMILES string of the molecule is CC(=O)Nc1ccccc1CN1CCc2ccccc2CC1. The minimum atomic E-state index is -0.0179. The molecule has 22 heavy (non-hydrogen) atoms. The molecule has 0 aliphatic carbocycles. The highest BCUT2D eigenvalue weighted by atomic mass is 16.1. The van der Waals surface area contributed by atoms with E-state index in [0.29, 0.717) is 0 Å². The number of carbonyl (C=O) groups is 1. The van der Waals surface area contributed by atoms with E-state index >= 15 is 0 Å². The Bertz CT molecular complexity index is 639. The predicted molar refractivity (Wildman–Crippen MR) is 89.9 cm³/mol. The molecule has 2 aromatic carbocycles. The summed E-state index contributed by atoms with van der Waals surface area (Å²) in [4.78, 5) is 13.8. The maximum Gasteiger partial charge on any atom is 0.221 e. The van der Waals surface area contributed by atoms with Crippen LogP contribution in [-0.4, -0.2) is 23.9 Å². The highest BCUT2D eigenvalue weighted by Gasteiger charge is 2.15. The lowest BCUT2D eigenvalue weighted by Crippen LogP contribution is -2.26. The summed E-state index contributed by atoms with van der Waals surface area (Å²) in [5.74, 6) is -0.0179. The molecule has 1 amide bonds. The molecule has 1 heterocycles. The number of fused-ring (bicyclic) bond motifs is 1. The fourth-order valence-corrected chi connectivity index (χ4v) is 3.08. The molecule has 0 unspecified atom stereocenters. The van der Waals surface area contributed by atoms with Crippen LogP contribution in [0.1, 0.15) is 23.6 Å². The fraction of sp³-hybridized carbons (Fsp3) is 0.316. The van der Waals surface area contributed by atoms with E-state index in [1.807, 2.05) is 18.2 Å². The van der Waals surface area contributed by atoms with E-state index in [2.05, 4.69) is 40.5 Å². The molecule has 0 atom stereocenters. The van der Waals surface area contributed by atoms with Crippen LogP contribution in [0.2, 0.25) is 0 Å². The summed E-state index contributed by atoms with van der Waals surface area (Å²) in [6.07, 6.45) is 2.19. The maximum atomic E-state index is 11.3. The maximum absolute atomic E-state index is 11.3. The molecule has 0 bridgehead atoms. The Balaban J connectivity index is 1.71. The molecule has 2 aromatic rings. The fourth-order valence-electron chi connectivity index (χ4n) is 3.08. The van der Waals surface area contributed by atoms with Crippen molar-refractivity contribution in [3.05, 3.63) is 65.2 Å². The van der Waals surface area contributed by atoms with Gasteiger partial charge in [-0.3, -0.25) is 9.69 Å². The van der Waals surface area contributed by atoms with Crippen molar-refractivity contribution in [1.29, 1.82) is 0 Å². The molecule has 0 saturated carbocycles. The van der Waals surface area contributed by atoms with Crippen molar-refractivity contribution in [2.75, 3.05) is 18.4 Å². The lowest BCUT2D eigenvalue weighted by Gasteiger charge is -2.21. The first-order chi connectivity index (χ1) is 10.7. The summed E-state index contributed by atoms with van der Waals surface area (Å²) < 4.78 is 0. The predicted octanol–water partition coefficient (Wildman–Crippen LogP) is 3.25. The molecule has 0 saturated heterocycles.